The molecule has 1 atom stereocenters. The Kier molecular flexibility index (Phi) is 5.31. The Bertz CT molecular complexity index is 748. The zero-order valence-corrected chi connectivity index (χ0v) is 17.2. The highest BCUT2D eigenvalue weighted by Crippen LogP contribution is 2.39. The molecule has 2 aromatic rings. The Morgan fingerprint density at radius 2 is 1.42 bits per heavy atom. The summed E-state index contributed by atoms with van der Waals surface area (Å²) in [5, 5.41) is 2.52. The average Bonchev–Trinajstić information content (AvgIpc) is 2.62. The van der Waals surface area contributed by atoms with Gasteiger partial charge in [0.15, 0.2) is 5.78 Å². The number of benzene rings is 2. The molecule has 0 saturated heterocycles. The maximum absolute atomic E-state index is 11.8. The Morgan fingerprint density at radius 3 is 1.85 bits per heavy atom. The minimum absolute atomic E-state index is 0.000922. The van der Waals surface area contributed by atoms with Gasteiger partial charge in [-0.05, 0) is 40.4 Å². The fourth-order valence-electron chi connectivity index (χ4n) is 3.98. The van der Waals surface area contributed by atoms with Crippen molar-refractivity contribution in [2.24, 2.45) is 0 Å². The van der Waals surface area contributed by atoms with E-state index in [2.05, 4.69) is 81.4 Å². The van der Waals surface area contributed by atoms with Gasteiger partial charge in [0.05, 0.1) is 6.10 Å². The van der Waals surface area contributed by atoms with Gasteiger partial charge in [-0.25, -0.2) is 0 Å². The lowest BCUT2D eigenvalue weighted by atomic mass is 9.97. The molecule has 26 heavy (non-hydrogen) atoms. The van der Waals surface area contributed by atoms with E-state index in [0.29, 0.717) is 6.42 Å². The van der Waals surface area contributed by atoms with Gasteiger partial charge in [-0.3, -0.25) is 4.79 Å². The van der Waals surface area contributed by atoms with Crippen LogP contribution in [0.25, 0.3) is 0 Å². The minimum atomic E-state index is -2.55. The third kappa shape index (κ3) is 3.46. The molecule has 0 radical (unpaired) electrons. The van der Waals surface area contributed by atoms with Crippen molar-refractivity contribution in [1.82, 2.24) is 0 Å². The monoisotopic (exact) mass is 364 g/mol. The topological polar surface area (TPSA) is 26.3 Å². The van der Waals surface area contributed by atoms with E-state index in [4.69, 9.17) is 4.43 Å². The summed E-state index contributed by atoms with van der Waals surface area (Å²) < 4.78 is 7.09. The van der Waals surface area contributed by atoms with Crippen molar-refractivity contribution in [1.29, 1.82) is 0 Å². The van der Waals surface area contributed by atoms with Gasteiger partial charge in [0.1, 0.15) is 0 Å². The summed E-state index contributed by atoms with van der Waals surface area (Å²) in [4.78, 5) is 11.8. The van der Waals surface area contributed by atoms with Crippen molar-refractivity contribution in [3.8, 4) is 0 Å². The zero-order valence-electron chi connectivity index (χ0n) is 16.2. The van der Waals surface area contributed by atoms with Gasteiger partial charge in [-0.2, -0.15) is 0 Å². The number of carbonyl (C=O) groups is 1. The van der Waals surface area contributed by atoms with Gasteiger partial charge >= 0.3 is 0 Å². The molecule has 0 heterocycles. The Morgan fingerprint density at radius 1 is 0.923 bits per heavy atom. The van der Waals surface area contributed by atoms with E-state index in [1.54, 1.807) is 6.08 Å². The van der Waals surface area contributed by atoms with Gasteiger partial charge in [0, 0.05) is 6.42 Å². The molecular weight excluding hydrogens is 336 g/mol. The Balaban J connectivity index is 2.18. The van der Waals surface area contributed by atoms with Crippen LogP contribution in [0.4, 0.5) is 0 Å². The van der Waals surface area contributed by atoms with Crippen LogP contribution in [0.5, 0.6) is 0 Å². The van der Waals surface area contributed by atoms with E-state index in [0.717, 1.165) is 12.0 Å². The fourth-order valence-corrected chi connectivity index (χ4v) is 8.72. The number of hydrogen-bond acceptors (Lipinski definition) is 2. The molecule has 0 amide bonds. The summed E-state index contributed by atoms with van der Waals surface area (Å²) in [7, 11) is -2.55. The standard InChI is InChI=1S/C23H28O2Si/c1-18-17-19(24)15-16-22(18)25-26(23(2,3)4,20-11-7-5-8-12-20)21-13-9-6-10-14-21/h5-14,17,22H,15-16H2,1-4H3/t22-/m1/s1. The van der Waals surface area contributed by atoms with Gasteiger partial charge < -0.3 is 4.43 Å². The van der Waals surface area contributed by atoms with Crippen molar-refractivity contribution >= 4 is 24.5 Å². The van der Waals surface area contributed by atoms with Crippen LogP contribution in [0.2, 0.25) is 5.04 Å². The molecule has 1 aliphatic carbocycles. The second kappa shape index (κ2) is 7.34. The van der Waals surface area contributed by atoms with Crippen LogP contribution in [-0.2, 0) is 9.22 Å². The first kappa shape index (κ1) is 18.8. The van der Waals surface area contributed by atoms with Gasteiger partial charge in [-0.15, -0.1) is 0 Å². The van der Waals surface area contributed by atoms with Gasteiger partial charge in [0.25, 0.3) is 8.32 Å². The van der Waals surface area contributed by atoms with Crippen molar-refractivity contribution in [2.75, 3.05) is 0 Å². The summed E-state index contributed by atoms with van der Waals surface area (Å²) in [5.41, 5.74) is 1.05. The molecule has 0 saturated carbocycles. The van der Waals surface area contributed by atoms with Crippen LogP contribution in [0.3, 0.4) is 0 Å². The first-order chi connectivity index (χ1) is 12.3. The molecule has 0 spiro atoms. The molecule has 3 heteroatoms. The number of allylic oxidation sites excluding steroid dienone is 1. The Labute approximate surface area is 158 Å². The van der Waals surface area contributed by atoms with E-state index >= 15 is 0 Å². The summed E-state index contributed by atoms with van der Waals surface area (Å²) in [6.07, 6.45) is 3.11. The molecular formula is C23H28O2Si. The number of carbonyl (C=O) groups excluding carboxylic acids is 1. The molecule has 0 aliphatic heterocycles. The summed E-state index contributed by atoms with van der Waals surface area (Å²) >= 11 is 0. The van der Waals surface area contributed by atoms with Crippen LogP contribution < -0.4 is 10.4 Å². The van der Waals surface area contributed by atoms with Crippen LogP contribution in [0.1, 0.15) is 40.5 Å². The third-order valence-corrected chi connectivity index (χ3v) is 10.3. The largest absolute Gasteiger partial charge is 0.401 e. The predicted octanol–water partition coefficient (Wildman–Crippen LogP) is 4.24. The lowest BCUT2D eigenvalue weighted by molar-refractivity contribution is -0.115. The summed E-state index contributed by atoms with van der Waals surface area (Å²) in [6, 6.07) is 21.3. The molecule has 0 N–H and O–H groups in total. The van der Waals surface area contributed by atoms with Crippen molar-refractivity contribution < 1.29 is 9.22 Å². The minimum Gasteiger partial charge on any atom is -0.401 e. The van der Waals surface area contributed by atoms with Crippen LogP contribution >= 0.6 is 0 Å². The highest BCUT2D eigenvalue weighted by atomic mass is 28.4. The van der Waals surface area contributed by atoms with E-state index in [1.807, 2.05) is 6.92 Å². The van der Waals surface area contributed by atoms with Crippen molar-refractivity contribution in [2.45, 2.75) is 51.7 Å². The van der Waals surface area contributed by atoms with E-state index in [1.165, 1.54) is 10.4 Å². The van der Waals surface area contributed by atoms with Crippen LogP contribution in [0, 0.1) is 0 Å². The third-order valence-electron chi connectivity index (χ3n) is 5.29. The molecule has 3 rings (SSSR count). The van der Waals surface area contributed by atoms with Gasteiger partial charge in [-0.1, -0.05) is 81.4 Å². The quantitative estimate of drug-likeness (QED) is 0.759. The first-order valence-corrected chi connectivity index (χ1v) is 11.3. The molecule has 0 aromatic heterocycles. The maximum Gasteiger partial charge on any atom is 0.261 e. The number of rotatable bonds is 4. The van der Waals surface area contributed by atoms with E-state index in [9.17, 15) is 4.79 Å². The lowest BCUT2D eigenvalue weighted by Crippen LogP contribution is -2.67. The second-order valence-corrected chi connectivity index (χ2v) is 12.4. The smallest absolute Gasteiger partial charge is 0.261 e. The fraction of sp³-hybridized carbons (Fsp3) is 0.348. The number of hydrogen-bond donors (Lipinski definition) is 0. The molecule has 0 unspecified atom stereocenters. The number of ketones is 1. The highest BCUT2D eigenvalue weighted by molar-refractivity contribution is 6.99. The van der Waals surface area contributed by atoms with E-state index in [-0.39, 0.29) is 16.9 Å². The SMILES string of the molecule is CC1=CC(=O)CC[C@H]1O[Si](c1ccccc1)(c1ccccc1)C(C)(C)C. The van der Waals surface area contributed by atoms with E-state index < -0.39 is 8.32 Å². The predicted molar refractivity (Wildman–Crippen MR) is 110 cm³/mol. The molecule has 0 bridgehead atoms. The van der Waals surface area contributed by atoms with Crippen LogP contribution in [-0.4, -0.2) is 20.2 Å². The highest BCUT2D eigenvalue weighted by Gasteiger charge is 2.51. The molecule has 136 valence electrons. The first-order valence-electron chi connectivity index (χ1n) is 9.34. The summed E-state index contributed by atoms with van der Waals surface area (Å²) in [5.74, 6) is 0.213. The normalized spacial score (nSPS) is 18.5. The molecule has 0 fully saturated rings. The van der Waals surface area contributed by atoms with Crippen molar-refractivity contribution in [3.63, 3.8) is 0 Å². The van der Waals surface area contributed by atoms with Gasteiger partial charge in [0.2, 0.25) is 0 Å². The average molecular weight is 365 g/mol. The Hall–Kier alpha value is -1.97. The maximum atomic E-state index is 11.8. The zero-order chi connectivity index (χ0) is 18.8. The van der Waals surface area contributed by atoms with Crippen LogP contribution in [0.15, 0.2) is 72.3 Å². The van der Waals surface area contributed by atoms with Crippen molar-refractivity contribution in [3.05, 3.63) is 72.3 Å². The lowest BCUT2D eigenvalue weighted by Gasteiger charge is -2.45. The summed E-state index contributed by atoms with van der Waals surface area (Å²) in [6.45, 7) is 8.88. The molecule has 1 aliphatic rings. The molecule has 2 aromatic carbocycles. The molecule has 2 nitrogen and oxygen atoms in total. The second-order valence-electron chi connectivity index (χ2n) is 8.16.